The van der Waals surface area contributed by atoms with Crippen molar-refractivity contribution < 1.29 is 23.3 Å². The molecule has 1 fully saturated rings. The van der Waals surface area contributed by atoms with E-state index in [0.717, 1.165) is 11.1 Å². The highest BCUT2D eigenvalue weighted by atomic mass is 32.2. The van der Waals surface area contributed by atoms with Crippen LogP contribution in [0.4, 0.5) is 0 Å². The number of benzene rings is 2. The first kappa shape index (κ1) is 17.9. The Labute approximate surface area is 159 Å². The number of carbonyl (C=O) groups excluding carboxylic acids is 1. The Morgan fingerprint density at radius 2 is 1.85 bits per heavy atom. The third-order valence-electron chi connectivity index (χ3n) is 4.67. The van der Waals surface area contributed by atoms with E-state index in [4.69, 9.17) is 14.3 Å². The summed E-state index contributed by atoms with van der Waals surface area (Å²) in [6, 6.07) is 16.5. The second kappa shape index (κ2) is 6.90. The fraction of sp³-hybridized carbons (Fsp3) is 0.300. The van der Waals surface area contributed by atoms with E-state index in [1.165, 1.54) is 0 Å². The maximum absolute atomic E-state index is 13.5. The van der Waals surface area contributed by atoms with Gasteiger partial charge in [-0.1, -0.05) is 53.2 Å². The zero-order valence-electron chi connectivity index (χ0n) is 15.0. The fourth-order valence-electron chi connectivity index (χ4n) is 3.34. The summed E-state index contributed by atoms with van der Waals surface area (Å²) in [6.07, 6.45) is -0.904. The normalized spacial score (nSPS) is 27.5. The monoisotopic (exact) mass is 385 g/mol. The van der Waals surface area contributed by atoms with Crippen molar-refractivity contribution in [2.75, 3.05) is 6.61 Å². The van der Waals surface area contributed by atoms with Gasteiger partial charge in [0.05, 0.1) is 0 Å². The molecule has 2 aliphatic heterocycles. The summed E-state index contributed by atoms with van der Waals surface area (Å²) in [6.45, 7) is 4.08. The van der Waals surface area contributed by atoms with Gasteiger partial charge in [0, 0.05) is 17.1 Å². The molecule has 1 saturated heterocycles. The third kappa shape index (κ3) is 2.78. The van der Waals surface area contributed by atoms with E-state index in [1.807, 2.05) is 49.4 Å². The molecule has 7 heteroatoms. The summed E-state index contributed by atoms with van der Waals surface area (Å²) in [5.74, 6) is -1.45. The molecule has 2 heterocycles. The lowest BCUT2D eigenvalue weighted by Crippen LogP contribution is -2.47. The number of aryl methyl sites for hydroxylation is 1. The molecule has 1 unspecified atom stereocenters. The van der Waals surface area contributed by atoms with Crippen LogP contribution in [-0.2, 0) is 29.9 Å². The van der Waals surface area contributed by atoms with Crippen LogP contribution in [-0.4, -0.2) is 33.7 Å². The van der Waals surface area contributed by atoms with Gasteiger partial charge >= 0.3 is 10.9 Å². The summed E-state index contributed by atoms with van der Waals surface area (Å²) >= 11 is 0. The Kier molecular flexibility index (Phi) is 4.57. The molecule has 0 amide bonds. The third-order valence-corrected chi connectivity index (χ3v) is 6.42. The van der Waals surface area contributed by atoms with Crippen LogP contribution in [0.25, 0.3) is 0 Å². The molecule has 0 N–H and O–H groups in total. The van der Waals surface area contributed by atoms with E-state index in [1.54, 1.807) is 19.1 Å². The zero-order valence-corrected chi connectivity index (χ0v) is 15.8. The van der Waals surface area contributed by atoms with Crippen molar-refractivity contribution in [2.45, 2.75) is 30.0 Å². The Bertz CT molecular complexity index is 912. The number of hydrogen-bond acceptors (Lipinski definition) is 6. The molecule has 0 radical (unpaired) electrons. The predicted octanol–water partition coefficient (Wildman–Crippen LogP) is 2.77. The first-order chi connectivity index (χ1) is 13.1. The molecule has 0 spiro atoms. The van der Waals surface area contributed by atoms with E-state index >= 15 is 0 Å². The molecular weight excluding hydrogens is 366 g/mol. The molecular formula is C20H19NO5S. The van der Waals surface area contributed by atoms with Crippen molar-refractivity contribution in [1.82, 2.24) is 0 Å². The van der Waals surface area contributed by atoms with Gasteiger partial charge in [0.1, 0.15) is 22.4 Å². The molecule has 4 atom stereocenters. The SMILES string of the molecule is CCO[C@H]1OC(=O)C2([S@@](=O)c3ccc(C)cc3)ON=C(c3ccccc3)[C@H]12. The summed E-state index contributed by atoms with van der Waals surface area (Å²) in [5.41, 5.74) is 2.30. The largest absolute Gasteiger partial charge is 0.431 e. The lowest BCUT2D eigenvalue weighted by molar-refractivity contribution is -0.167. The highest BCUT2D eigenvalue weighted by Gasteiger charge is 2.70. The average Bonchev–Trinajstić information content (AvgIpc) is 3.21. The molecule has 27 heavy (non-hydrogen) atoms. The number of rotatable bonds is 5. The van der Waals surface area contributed by atoms with E-state index in [-0.39, 0.29) is 0 Å². The highest BCUT2D eigenvalue weighted by molar-refractivity contribution is 7.87. The first-order valence-corrected chi connectivity index (χ1v) is 9.85. The molecule has 6 nitrogen and oxygen atoms in total. The van der Waals surface area contributed by atoms with Crippen LogP contribution in [0.15, 0.2) is 64.6 Å². The smallest absolute Gasteiger partial charge is 0.370 e. The van der Waals surface area contributed by atoms with Crippen LogP contribution in [0.5, 0.6) is 0 Å². The summed E-state index contributed by atoms with van der Waals surface area (Å²) in [5, 5.41) is 4.15. The van der Waals surface area contributed by atoms with Crippen LogP contribution in [0, 0.1) is 12.8 Å². The Morgan fingerprint density at radius 3 is 2.52 bits per heavy atom. The van der Waals surface area contributed by atoms with Crippen molar-refractivity contribution in [3.63, 3.8) is 0 Å². The quantitative estimate of drug-likeness (QED) is 0.740. The van der Waals surface area contributed by atoms with Crippen molar-refractivity contribution >= 4 is 22.5 Å². The number of oxime groups is 1. The van der Waals surface area contributed by atoms with Gasteiger partial charge in [-0.15, -0.1) is 0 Å². The van der Waals surface area contributed by atoms with Gasteiger partial charge in [-0.05, 0) is 26.0 Å². The van der Waals surface area contributed by atoms with Crippen molar-refractivity contribution in [3.8, 4) is 0 Å². The minimum absolute atomic E-state index is 0.337. The van der Waals surface area contributed by atoms with Gasteiger partial charge in [0.15, 0.2) is 0 Å². The summed E-state index contributed by atoms with van der Waals surface area (Å²) in [7, 11) is -1.83. The van der Waals surface area contributed by atoms with Gasteiger partial charge in [-0.25, -0.2) is 9.00 Å². The van der Waals surface area contributed by atoms with Crippen LogP contribution in [0.3, 0.4) is 0 Å². The van der Waals surface area contributed by atoms with Crippen LogP contribution < -0.4 is 0 Å². The Morgan fingerprint density at radius 1 is 1.15 bits per heavy atom. The standard InChI is InChI=1S/C20H19NO5S/c1-3-24-18-16-17(14-7-5-4-6-8-14)21-26-20(16,19(22)25-18)27(23)15-11-9-13(2)10-12-15/h4-12,16,18H,3H2,1-2H3/t16-,18+,20?,27+/m1/s1. The van der Waals surface area contributed by atoms with Crippen LogP contribution >= 0.6 is 0 Å². The molecule has 0 aromatic heterocycles. The molecule has 140 valence electrons. The second-order valence-corrected chi connectivity index (χ2v) is 8.01. The van der Waals surface area contributed by atoms with Crippen molar-refractivity contribution in [2.24, 2.45) is 11.1 Å². The Hall–Kier alpha value is -2.51. The Balaban J connectivity index is 1.79. The fourth-order valence-corrected chi connectivity index (χ4v) is 4.83. The van der Waals surface area contributed by atoms with Gasteiger partial charge in [-0.2, -0.15) is 0 Å². The minimum atomic E-state index is -1.83. The number of nitrogens with zero attached hydrogens (tertiary/aromatic N) is 1. The number of cyclic esters (lactones) is 1. The lowest BCUT2D eigenvalue weighted by Gasteiger charge is -2.23. The molecule has 0 bridgehead atoms. The number of ether oxygens (including phenoxy) is 2. The molecule has 2 aromatic rings. The van der Waals surface area contributed by atoms with Crippen molar-refractivity contribution in [1.29, 1.82) is 0 Å². The van der Waals surface area contributed by atoms with Crippen LogP contribution in [0.2, 0.25) is 0 Å². The lowest BCUT2D eigenvalue weighted by atomic mass is 9.93. The zero-order chi connectivity index (χ0) is 19.0. The predicted molar refractivity (Wildman–Crippen MR) is 99.4 cm³/mol. The summed E-state index contributed by atoms with van der Waals surface area (Å²) < 4.78 is 24.5. The van der Waals surface area contributed by atoms with Gasteiger partial charge in [-0.3, -0.25) is 0 Å². The summed E-state index contributed by atoms with van der Waals surface area (Å²) in [4.78, 5) is 17.2. The molecule has 2 aliphatic rings. The van der Waals surface area contributed by atoms with Gasteiger partial charge in [0.2, 0.25) is 6.29 Å². The van der Waals surface area contributed by atoms with Gasteiger partial charge in [0.25, 0.3) is 0 Å². The number of hydrogen-bond donors (Lipinski definition) is 0. The minimum Gasteiger partial charge on any atom is -0.431 e. The van der Waals surface area contributed by atoms with Gasteiger partial charge < -0.3 is 14.3 Å². The molecule has 0 saturated carbocycles. The highest BCUT2D eigenvalue weighted by Crippen LogP contribution is 2.47. The molecule has 2 aromatic carbocycles. The second-order valence-electron chi connectivity index (χ2n) is 6.39. The molecule has 4 rings (SSSR count). The average molecular weight is 385 g/mol. The van der Waals surface area contributed by atoms with E-state index in [0.29, 0.717) is 17.2 Å². The van der Waals surface area contributed by atoms with Crippen LogP contribution in [0.1, 0.15) is 18.1 Å². The van der Waals surface area contributed by atoms with E-state index in [2.05, 4.69) is 5.16 Å². The van der Waals surface area contributed by atoms with Crippen molar-refractivity contribution in [3.05, 3.63) is 65.7 Å². The molecule has 0 aliphatic carbocycles. The number of fused-ring (bicyclic) bond motifs is 1. The number of carbonyl (C=O) groups is 1. The topological polar surface area (TPSA) is 74.2 Å². The van der Waals surface area contributed by atoms with E-state index in [9.17, 15) is 9.00 Å². The van der Waals surface area contributed by atoms with E-state index < -0.39 is 33.9 Å². The first-order valence-electron chi connectivity index (χ1n) is 8.70. The number of esters is 1. The maximum atomic E-state index is 13.5. The maximum Gasteiger partial charge on any atom is 0.370 e.